The van der Waals surface area contributed by atoms with Crippen molar-refractivity contribution in [2.24, 2.45) is 0 Å². The smallest absolute Gasteiger partial charge is 0.262 e. The molecular formula is C19H23NO3. The lowest BCUT2D eigenvalue weighted by Crippen LogP contribution is -2.20. The summed E-state index contributed by atoms with van der Waals surface area (Å²) < 4.78 is 11.2. The molecule has 0 saturated heterocycles. The molecule has 0 atom stereocenters. The van der Waals surface area contributed by atoms with Crippen molar-refractivity contribution < 1.29 is 14.3 Å². The molecule has 2 aromatic carbocycles. The minimum absolute atomic E-state index is 0.0296. The van der Waals surface area contributed by atoms with Gasteiger partial charge in [0.15, 0.2) is 6.61 Å². The van der Waals surface area contributed by atoms with E-state index in [2.05, 4.69) is 11.4 Å². The van der Waals surface area contributed by atoms with Crippen LogP contribution in [0.3, 0.4) is 0 Å². The summed E-state index contributed by atoms with van der Waals surface area (Å²) >= 11 is 0. The molecule has 0 saturated carbocycles. The maximum atomic E-state index is 12.0. The molecule has 4 heteroatoms. The Hall–Kier alpha value is -2.49. The van der Waals surface area contributed by atoms with E-state index in [0.29, 0.717) is 11.4 Å². The molecule has 4 nitrogen and oxygen atoms in total. The number of aryl methyl sites for hydroxylation is 2. The van der Waals surface area contributed by atoms with Crippen LogP contribution in [0.2, 0.25) is 0 Å². The highest BCUT2D eigenvalue weighted by Gasteiger charge is 2.06. The van der Waals surface area contributed by atoms with Gasteiger partial charge in [-0.2, -0.15) is 0 Å². The second kappa shape index (κ2) is 7.68. The molecule has 23 heavy (non-hydrogen) atoms. The second-order valence-electron chi connectivity index (χ2n) is 5.85. The minimum Gasteiger partial charge on any atom is -0.491 e. The Morgan fingerprint density at radius 1 is 1.04 bits per heavy atom. The van der Waals surface area contributed by atoms with Gasteiger partial charge >= 0.3 is 0 Å². The van der Waals surface area contributed by atoms with E-state index in [4.69, 9.17) is 9.47 Å². The van der Waals surface area contributed by atoms with E-state index >= 15 is 0 Å². The molecule has 0 aliphatic rings. The fourth-order valence-corrected chi connectivity index (χ4v) is 2.28. The number of amides is 1. The van der Waals surface area contributed by atoms with Crippen LogP contribution in [0.25, 0.3) is 0 Å². The first kappa shape index (κ1) is 16.9. The van der Waals surface area contributed by atoms with Crippen molar-refractivity contribution in [1.29, 1.82) is 0 Å². The van der Waals surface area contributed by atoms with Crippen molar-refractivity contribution >= 4 is 11.6 Å². The number of hydrogen-bond donors (Lipinski definition) is 1. The Bertz CT molecular complexity index is 660. The van der Waals surface area contributed by atoms with Crippen LogP contribution in [0.15, 0.2) is 42.5 Å². The van der Waals surface area contributed by atoms with E-state index in [1.165, 1.54) is 0 Å². The summed E-state index contributed by atoms with van der Waals surface area (Å²) in [5.41, 5.74) is 2.91. The third-order valence-electron chi connectivity index (χ3n) is 3.05. The Balaban J connectivity index is 1.92. The summed E-state index contributed by atoms with van der Waals surface area (Å²) in [4.78, 5) is 12.0. The summed E-state index contributed by atoms with van der Waals surface area (Å²) in [6.45, 7) is 7.89. The lowest BCUT2D eigenvalue weighted by molar-refractivity contribution is -0.118. The molecule has 2 aromatic rings. The zero-order chi connectivity index (χ0) is 16.8. The highest BCUT2D eigenvalue weighted by molar-refractivity contribution is 5.92. The molecule has 0 aliphatic heterocycles. The second-order valence-corrected chi connectivity index (χ2v) is 5.85. The van der Waals surface area contributed by atoms with Crippen molar-refractivity contribution in [2.75, 3.05) is 11.9 Å². The molecule has 0 bridgehead atoms. The molecule has 0 aliphatic carbocycles. The fourth-order valence-electron chi connectivity index (χ4n) is 2.28. The molecule has 0 heterocycles. The molecule has 1 amide bonds. The van der Waals surface area contributed by atoms with Crippen LogP contribution in [-0.4, -0.2) is 18.6 Å². The van der Waals surface area contributed by atoms with Crippen LogP contribution in [0, 0.1) is 13.8 Å². The first-order valence-corrected chi connectivity index (χ1v) is 7.70. The van der Waals surface area contributed by atoms with E-state index in [-0.39, 0.29) is 18.6 Å². The van der Waals surface area contributed by atoms with E-state index in [1.54, 1.807) is 6.07 Å². The van der Waals surface area contributed by atoms with Crippen molar-refractivity contribution in [3.8, 4) is 11.5 Å². The third-order valence-corrected chi connectivity index (χ3v) is 3.05. The summed E-state index contributed by atoms with van der Waals surface area (Å²) in [5.74, 6) is 1.23. The van der Waals surface area contributed by atoms with E-state index < -0.39 is 0 Å². The SMILES string of the molecule is Cc1cc(C)cc(OCC(=O)Nc2cccc(OC(C)C)c2)c1. The Kier molecular flexibility index (Phi) is 5.63. The van der Waals surface area contributed by atoms with Crippen molar-refractivity contribution in [3.63, 3.8) is 0 Å². The monoisotopic (exact) mass is 313 g/mol. The van der Waals surface area contributed by atoms with Crippen LogP contribution in [-0.2, 0) is 4.79 Å². The summed E-state index contributed by atoms with van der Waals surface area (Å²) in [7, 11) is 0. The van der Waals surface area contributed by atoms with E-state index in [1.807, 2.05) is 58.0 Å². The van der Waals surface area contributed by atoms with Gasteiger partial charge in [-0.05, 0) is 63.1 Å². The maximum Gasteiger partial charge on any atom is 0.262 e. The lowest BCUT2D eigenvalue weighted by atomic mass is 10.1. The molecule has 0 radical (unpaired) electrons. The summed E-state index contributed by atoms with van der Waals surface area (Å²) in [5, 5.41) is 2.81. The number of anilines is 1. The van der Waals surface area contributed by atoms with Gasteiger partial charge in [0.2, 0.25) is 0 Å². The van der Waals surface area contributed by atoms with Gasteiger partial charge in [0.25, 0.3) is 5.91 Å². The van der Waals surface area contributed by atoms with Crippen LogP contribution >= 0.6 is 0 Å². The van der Waals surface area contributed by atoms with Gasteiger partial charge in [-0.15, -0.1) is 0 Å². The van der Waals surface area contributed by atoms with Gasteiger partial charge in [-0.1, -0.05) is 12.1 Å². The predicted molar refractivity (Wildman–Crippen MR) is 92.2 cm³/mol. The van der Waals surface area contributed by atoms with Gasteiger partial charge < -0.3 is 14.8 Å². The number of rotatable bonds is 6. The number of carbonyl (C=O) groups is 1. The van der Waals surface area contributed by atoms with Crippen LogP contribution in [0.5, 0.6) is 11.5 Å². The lowest BCUT2D eigenvalue weighted by Gasteiger charge is -2.12. The maximum absolute atomic E-state index is 12.0. The molecule has 0 spiro atoms. The third kappa shape index (κ3) is 5.66. The molecular weight excluding hydrogens is 290 g/mol. The predicted octanol–water partition coefficient (Wildman–Crippen LogP) is 4.11. The standard InChI is InChI=1S/C19H23NO3/c1-13(2)23-17-7-5-6-16(11-17)20-19(21)12-22-18-9-14(3)8-15(4)10-18/h5-11,13H,12H2,1-4H3,(H,20,21). The number of benzene rings is 2. The molecule has 2 rings (SSSR count). The number of ether oxygens (including phenoxy) is 2. The van der Waals surface area contributed by atoms with Crippen LogP contribution in [0.4, 0.5) is 5.69 Å². The zero-order valence-electron chi connectivity index (χ0n) is 14.1. The summed E-state index contributed by atoms with van der Waals surface area (Å²) in [6, 6.07) is 13.2. The quantitative estimate of drug-likeness (QED) is 0.873. The van der Waals surface area contributed by atoms with Crippen molar-refractivity contribution in [1.82, 2.24) is 0 Å². The van der Waals surface area contributed by atoms with Crippen molar-refractivity contribution in [3.05, 3.63) is 53.6 Å². The number of nitrogens with one attached hydrogen (secondary N) is 1. The summed E-state index contributed by atoms with van der Waals surface area (Å²) in [6.07, 6.45) is 0.0915. The topological polar surface area (TPSA) is 47.6 Å². The minimum atomic E-state index is -0.203. The van der Waals surface area contributed by atoms with Gasteiger partial charge in [0.05, 0.1) is 6.10 Å². The molecule has 1 N–H and O–H groups in total. The largest absolute Gasteiger partial charge is 0.491 e. The molecule has 0 fully saturated rings. The fraction of sp³-hybridized carbons (Fsp3) is 0.316. The highest BCUT2D eigenvalue weighted by Crippen LogP contribution is 2.19. The Morgan fingerprint density at radius 2 is 1.74 bits per heavy atom. The van der Waals surface area contributed by atoms with E-state index in [0.717, 1.165) is 16.9 Å². The van der Waals surface area contributed by atoms with Crippen LogP contribution < -0.4 is 14.8 Å². The number of carbonyl (C=O) groups excluding carboxylic acids is 1. The average molecular weight is 313 g/mol. The van der Waals surface area contributed by atoms with Gasteiger partial charge in [-0.25, -0.2) is 0 Å². The van der Waals surface area contributed by atoms with Crippen molar-refractivity contribution in [2.45, 2.75) is 33.8 Å². The Labute approximate surface area is 137 Å². The van der Waals surface area contributed by atoms with Gasteiger partial charge in [-0.3, -0.25) is 4.79 Å². The normalized spacial score (nSPS) is 10.5. The molecule has 0 aromatic heterocycles. The van der Waals surface area contributed by atoms with Gasteiger partial charge in [0.1, 0.15) is 11.5 Å². The van der Waals surface area contributed by atoms with Gasteiger partial charge in [0, 0.05) is 11.8 Å². The average Bonchev–Trinajstić information content (AvgIpc) is 2.44. The zero-order valence-corrected chi connectivity index (χ0v) is 14.1. The molecule has 122 valence electrons. The Morgan fingerprint density at radius 3 is 2.39 bits per heavy atom. The van der Waals surface area contributed by atoms with E-state index in [9.17, 15) is 4.79 Å². The highest BCUT2D eigenvalue weighted by atomic mass is 16.5. The first-order valence-electron chi connectivity index (χ1n) is 7.70. The van der Waals surface area contributed by atoms with Crippen LogP contribution in [0.1, 0.15) is 25.0 Å². The first-order chi connectivity index (χ1) is 10.9. The molecule has 0 unspecified atom stereocenters. The number of hydrogen-bond acceptors (Lipinski definition) is 3.